The van der Waals surface area contributed by atoms with Crippen molar-refractivity contribution in [2.75, 3.05) is 20.2 Å². The minimum absolute atomic E-state index is 0.250. The zero-order valence-corrected chi connectivity index (χ0v) is 12.1. The van der Waals surface area contributed by atoms with Crippen molar-refractivity contribution >= 4 is 11.9 Å². The number of likely N-dealkylation sites (tertiary alicyclic amines) is 1. The van der Waals surface area contributed by atoms with Crippen molar-refractivity contribution < 1.29 is 14.4 Å². The Morgan fingerprint density at radius 1 is 1.47 bits per heavy atom. The summed E-state index contributed by atoms with van der Waals surface area (Å²) in [4.78, 5) is 24.0. The number of rotatable bonds is 4. The van der Waals surface area contributed by atoms with E-state index in [9.17, 15) is 0 Å². The monoisotopic (exact) mass is 266 g/mol. The summed E-state index contributed by atoms with van der Waals surface area (Å²) >= 11 is 0. The highest BCUT2D eigenvalue weighted by Gasteiger charge is 2.21. The summed E-state index contributed by atoms with van der Waals surface area (Å²) in [5, 5.41) is 4.13. The Bertz CT molecular complexity index is 374. The lowest BCUT2D eigenvalue weighted by molar-refractivity contribution is -0.191. The molecule has 0 amide bonds. The number of carbonyl (C=O) groups excluding carboxylic acids is 2. The summed E-state index contributed by atoms with van der Waals surface area (Å²) in [6.45, 7) is 7.83. The van der Waals surface area contributed by atoms with Crippen molar-refractivity contribution in [3.05, 3.63) is 0 Å². The van der Waals surface area contributed by atoms with Gasteiger partial charge in [-0.25, -0.2) is 0 Å². The second-order valence-electron chi connectivity index (χ2n) is 4.66. The maximum atomic E-state index is 8.12. The molecule has 1 atom stereocenters. The van der Waals surface area contributed by atoms with Gasteiger partial charge in [0.15, 0.2) is 0 Å². The van der Waals surface area contributed by atoms with Gasteiger partial charge in [0.05, 0.1) is 0 Å². The Kier molecular flexibility index (Phi) is 9.42. The largest absolute Gasteiger partial charge is 0.393 e. The molecule has 0 unspecified atom stereocenters. The van der Waals surface area contributed by atoms with E-state index in [-0.39, 0.29) is 6.15 Å². The van der Waals surface area contributed by atoms with Crippen molar-refractivity contribution in [3.63, 3.8) is 0 Å². The predicted octanol–water partition coefficient (Wildman–Crippen LogP) is 1.55. The molecule has 0 saturated carbocycles. The Hall–Kier alpha value is -1.63. The van der Waals surface area contributed by atoms with Crippen LogP contribution in [0.2, 0.25) is 0 Å². The third-order valence-electron chi connectivity index (χ3n) is 2.90. The molecule has 0 aromatic heterocycles. The molecule has 19 heavy (non-hydrogen) atoms. The number of nitrogens with zero attached hydrogens (tertiary/aromatic N) is 2. The first kappa shape index (κ1) is 17.4. The first-order valence-electron chi connectivity index (χ1n) is 6.38. The van der Waals surface area contributed by atoms with E-state index in [4.69, 9.17) is 14.4 Å². The maximum absolute atomic E-state index is 8.12. The molecule has 1 rings (SSSR count). The standard InChI is InChI=1S/C13H22N2O.CO2/c1-5-7-13(11(2)3)14-16-10-12-8-6-9-15(12)4;2-1-3/h11-12H,6,8-10H2,1-4H3;/b14-13+;/t12-;/m0./s1. The number of oxime groups is 1. The molecule has 5 heteroatoms. The zero-order valence-electron chi connectivity index (χ0n) is 12.1. The highest BCUT2D eigenvalue weighted by atomic mass is 16.6. The van der Waals surface area contributed by atoms with Crippen LogP contribution in [-0.2, 0) is 14.4 Å². The van der Waals surface area contributed by atoms with Gasteiger partial charge >= 0.3 is 6.15 Å². The van der Waals surface area contributed by atoms with Crippen LogP contribution >= 0.6 is 0 Å². The fourth-order valence-corrected chi connectivity index (χ4v) is 1.78. The van der Waals surface area contributed by atoms with Crippen molar-refractivity contribution in [1.29, 1.82) is 0 Å². The number of likely N-dealkylation sites (N-methyl/N-ethyl adjacent to an activating group) is 1. The summed E-state index contributed by atoms with van der Waals surface area (Å²) in [6, 6.07) is 0.520. The van der Waals surface area contributed by atoms with Gasteiger partial charge in [0, 0.05) is 12.0 Å². The molecule has 1 aliphatic rings. The van der Waals surface area contributed by atoms with Crippen LogP contribution in [0.15, 0.2) is 5.16 Å². The van der Waals surface area contributed by atoms with Gasteiger partial charge in [-0.2, -0.15) is 9.59 Å². The summed E-state index contributed by atoms with van der Waals surface area (Å²) < 4.78 is 0. The number of hydrogen-bond donors (Lipinski definition) is 0. The first-order valence-corrected chi connectivity index (χ1v) is 6.38. The van der Waals surface area contributed by atoms with Crippen molar-refractivity contribution in [2.24, 2.45) is 11.1 Å². The normalized spacial score (nSPS) is 19.0. The predicted molar refractivity (Wildman–Crippen MR) is 72.3 cm³/mol. The lowest BCUT2D eigenvalue weighted by Crippen LogP contribution is -2.28. The van der Waals surface area contributed by atoms with Crippen LogP contribution in [0.25, 0.3) is 0 Å². The Labute approximate surface area is 115 Å². The Balaban J connectivity index is 0.000000982. The molecule has 0 spiro atoms. The fourth-order valence-electron chi connectivity index (χ4n) is 1.78. The molecular weight excluding hydrogens is 244 g/mol. The lowest BCUT2D eigenvalue weighted by atomic mass is 10.1. The quantitative estimate of drug-likeness (QED) is 0.440. The van der Waals surface area contributed by atoms with Gasteiger partial charge in [-0.3, -0.25) is 4.90 Å². The molecule has 0 aromatic carbocycles. The molecule has 0 bridgehead atoms. The van der Waals surface area contributed by atoms with Crippen LogP contribution in [0.3, 0.4) is 0 Å². The fraction of sp³-hybridized carbons (Fsp3) is 0.714. The van der Waals surface area contributed by atoms with Gasteiger partial charge in [0.2, 0.25) is 0 Å². The maximum Gasteiger partial charge on any atom is 0.373 e. The van der Waals surface area contributed by atoms with E-state index >= 15 is 0 Å². The zero-order chi connectivity index (χ0) is 14.7. The average Bonchev–Trinajstić information content (AvgIpc) is 2.75. The molecule has 1 fully saturated rings. The Morgan fingerprint density at radius 2 is 2.11 bits per heavy atom. The average molecular weight is 266 g/mol. The van der Waals surface area contributed by atoms with E-state index in [0.717, 1.165) is 5.71 Å². The SMILES string of the molecule is CC#C/C(=N\OC[C@@H]1CCCN1C)C(C)C.O=C=O. The molecule has 0 radical (unpaired) electrons. The molecule has 1 heterocycles. The third-order valence-corrected chi connectivity index (χ3v) is 2.90. The molecule has 1 aliphatic heterocycles. The molecule has 5 nitrogen and oxygen atoms in total. The van der Waals surface area contributed by atoms with E-state index in [1.165, 1.54) is 19.4 Å². The van der Waals surface area contributed by atoms with Crippen LogP contribution in [0.4, 0.5) is 0 Å². The van der Waals surface area contributed by atoms with Gasteiger partial charge < -0.3 is 4.84 Å². The van der Waals surface area contributed by atoms with Gasteiger partial charge in [-0.05, 0) is 39.3 Å². The third kappa shape index (κ3) is 7.40. The van der Waals surface area contributed by atoms with Crippen LogP contribution in [-0.4, -0.2) is 43.0 Å². The highest BCUT2D eigenvalue weighted by molar-refractivity contribution is 6.01. The van der Waals surface area contributed by atoms with Crippen molar-refractivity contribution in [1.82, 2.24) is 4.90 Å². The van der Waals surface area contributed by atoms with E-state index in [1.54, 1.807) is 0 Å². The second kappa shape index (κ2) is 10.3. The van der Waals surface area contributed by atoms with Gasteiger partial charge in [0.25, 0.3) is 0 Å². The molecular formula is C14H22N2O3. The van der Waals surface area contributed by atoms with Crippen molar-refractivity contribution in [2.45, 2.75) is 39.7 Å². The first-order chi connectivity index (χ1) is 9.06. The lowest BCUT2D eigenvalue weighted by Gasteiger charge is -2.17. The van der Waals surface area contributed by atoms with Gasteiger partial charge in [0.1, 0.15) is 12.3 Å². The van der Waals surface area contributed by atoms with E-state index in [0.29, 0.717) is 18.6 Å². The molecule has 0 aromatic rings. The van der Waals surface area contributed by atoms with Crippen molar-refractivity contribution in [3.8, 4) is 11.8 Å². The summed E-state index contributed by atoms with van der Waals surface area (Å²) in [6.07, 6.45) is 2.72. The molecule has 0 N–H and O–H groups in total. The van der Waals surface area contributed by atoms with Gasteiger partial charge in [-0.1, -0.05) is 24.9 Å². The smallest absolute Gasteiger partial charge is 0.373 e. The van der Waals surface area contributed by atoms with Crippen LogP contribution in [0.1, 0.15) is 33.6 Å². The van der Waals surface area contributed by atoms with Gasteiger partial charge in [-0.15, -0.1) is 0 Å². The highest BCUT2D eigenvalue weighted by Crippen LogP contribution is 2.14. The van der Waals surface area contributed by atoms with Crippen LogP contribution < -0.4 is 0 Å². The molecule has 0 aliphatic carbocycles. The Morgan fingerprint density at radius 3 is 2.53 bits per heavy atom. The minimum Gasteiger partial charge on any atom is -0.393 e. The number of hydrogen-bond acceptors (Lipinski definition) is 5. The second-order valence-corrected chi connectivity index (χ2v) is 4.66. The molecule has 1 saturated heterocycles. The topological polar surface area (TPSA) is 59.0 Å². The summed E-state index contributed by atoms with van der Waals surface area (Å²) in [5.74, 6) is 6.17. The van der Waals surface area contributed by atoms with E-state index < -0.39 is 0 Å². The van der Waals surface area contributed by atoms with Crippen LogP contribution in [0, 0.1) is 17.8 Å². The van der Waals surface area contributed by atoms with E-state index in [1.807, 2.05) is 6.92 Å². The summed E-state index contributed by atoms with van der Waals surface area (Å²) in [5.41, 5.74) is 0.836. The summed E-state index contributed by atoms with van der Waals surface area (Å²) in [7, 11) is 2.14. The minimum atomic E-state index is 0.250. The van der Waals surface area contributed by atoms with Crippen LogP contribution in [0.5, 0.6) is 0 Å². The van der Waals surface area contributed by atoms with E-state index in [2.05, 4.69) is 42.8 Å². The molecule has 106 valence electrons.